The lowest BCUT2D eigenvalue weighted by Crippen LogP contribution is -2.39. The molecule has 7 nitrogen and oxygen atoms in total. The maximum Gasteiger partial charge on any atom is 0.264 e. The molecule has 1 aliphatic heterocycles. The van der Waals surface area contributed by atoms with Crippen LogP contribution in [0.15, 0.2) is 23.0 Å². The molecule has 1 fully saturated rings. The largest absolute Gasteiger partial charge is 0.338 e. The number of fused-ring (bicyclic) bond motifs is 1. The molecular weight excluding hydrogens is 356 g/mol. The molecule has 0 aliphatic carbocycles. The van der Waals surface area contributed by atoms with Crippen molar-refractivity contribution in [2.24, 2.45) is 7.05 Å². The molecule has 0 unspecified atom stereocenters. The Morgan fingerprint density at radius 1 is 1.41 bits per heavy atom. The third-order valence-corrected chi connectivity index (χ3v) is 4.98. The number of aromatic nitrogens is 4. The maximum absolute atomic E-state index is 13.6. The fourth-order valence-corrected chi connectivity index (χ4v) is 3.65. The van der Waals surface area contributed by atoms with Crippen molar-refractivity contribution in [1.82, 2.24) is 24.8 Å². The van der Waals surface area contributed by atoms with Crippen LogP contribution in [0.2, 0.25) is 0 Å². The highest BCUT2D eigenvalue weighted by Crippen LogP contribution is 2.34. The highest BCUT2D eigenvalue weighted by Gasteiger charge is 2.29. The molecule has 0 bridgehead atoms. The number of aryl methyl sites for hydroxylation is 2. The van der Waals surface area contributed by atoms with E-state index >= 15 is 0 Å². The van der Waals surface area contributed by atoms with Gasteiger partial charge in [-0.25, -0.2) is 13.8 Å². The average molecular weight is 375 g/mol. The van der Waals surface area contributed by atoms with Gasteiger partial charge < -0.3 is 9.42 Å². The van der Waals surface area contributed by atoms with Crippen LogP contribution in [0.5, 0.6) is 0 Å². The Kier molecular flexibility index (Phi) is 4.37. The van der Waals surface area contributed by atoms with Gasteiger partial charge in [0, 0.05) is 43.5 Å². The van der Waals surface area contributed by atoms with Crippen LogP contribution in [-0.4, -0.2) is 43.8 Å². The van der Waals surface area contributed by atoms with Gasteiger partial charge >= 0.3 is 0 Å². The number of amides is 1. The van der Waals surface area contributed by atoms with E-state index < -0.39 is 6.43 Å². The van der Waals surface area contributed by atoms with E-state index in [9.17, 15) is 13.6 Å². The molecule has 4 rings (SSSR count). The van der Waals surface area contributed by atoms with Crippen LogP contribution >= 0.6 is 0 Å². The van der Waals surface area contributed by atoms with Crippen molar-refractivity contribution < 1.29 is 18.1 Å². The molecule has 142 valence electrons. The van der Waals surface area contributed by atoms with Crippen LogP contribution in [0.25, 0.3) is 11.1 Å². The van der Waals surface area contributed by atoms with E-state index in [0.29, 0.717) is 30.0 Å². The van der Waals surface area contributed by atoms with Gasteiger partial charge in [-0.1, -0.05) is 5.16 Å². The first-order chi connectivity index (χ1) is 12.9. The molecule has 0 aromatic carbocycles. The van der Waals surface area contributed by atoms with Crippen LogP contribution in [0.1, 0.15) is 52.5 Å². The SMILES string of the molecule is Cc1noc2nc([C@H]3CCCN(C(=O)c4cnn(C)c4)C3)cc(C(F)F)c12. The summed E-state index contributed by atoms with van der Waals surface area (Å²) in [5, 5.41) is 8.07. The Labute approximate surface area is 153 Å². The maximum atomic E-state index is 13.6. The van der Waals surface area contributed by atoms with Gasteiger partial charge in [0.2, 0.25) is 0 Å². The van der Waals surface area contributed by atoms with Crippen molar-refractivity contribution in [2.45, 2.75) is 32.1 Å². The fourth-order valence-electron chi connectivity index (χ4n) is 3.65. The number of nitrogens with zero attached hydrogens (tertiary/aromatic N) is 5. The minimum absolute atomic E-state index is 0.113. The van der Waals surface area contributed by atoms with Crippen LogP contribution < -0.4 is 0 Å². The van der Waals surface area contributed by atoms with Crippen molar-refractivity contribution in [3.05, 3.63) is 41.0 Å². The molecule has 0 spiro atoms. The molecule has 1 saturated heterocycles. The van der Waals surface area contributed by atoms with Gasteiger partial charge in [0.25, 0.3) is 18.0 Å². The number of piperidine rings is 1. The zero-order chi connectivity index (χ0) is 19.1. The lowest BCUT2D eigenvalue weighted by Gasteiger charge is -2.32. The number of carbonyl (C=O) groups excluding carboxylic acids is 1. The van der Waals surface area contributed by atoms with Crippen molar-refractivity contribution in [3.8, 4) is 0 Å². The number of likely N-dealkylation sites (tertiary alicyclic amines) is 1. The summed E-state index contributed by atoms with van der Waals surface area (Å²) in [5.41, 5.74) is 1.43. The Bertz CT molecular complexity index is 997. The summed E-state index contributed by atoms with van der Waals surface area (Å²) in [6, 6.07) is 1.43. The zero-order valence-corrected chi connectivity index (χ0v) is 15.0. The molecule has 1 aliphatic rings. The highest BCUT2D eigenvalue weighted by atomic mass is 19.3. The van der Waals surface area contributed by atoms with E-state index in [2.05, 4.69) is 15.2 Å². The number of halogens is 2. The number of carbonyl (C=O) groups is 1. The van der Waals surface area contributed by atoms with Crippen molar-refractivity contribution in [2.75, 3.05) is 13.1 Å². The number of hydrogen-bond acceptors (Lipinski definition) is 5. The average Bonchev–Trinajstić information content (AvgIpc) is 3.26. The van der Waals surface area contributed by atoms with Crippen molar-refractivity contribution in [1.29, 1.82) is 0 Å². The lowest BCUT2D eigenvalue weighted by atomic mass is 9.92. The molecule has 0 N–H and O–H groups in total. The second-order valence-corrected chi connectivity index (χ2v) is 6.88. The predicted molar refractivity (Wildman–Crippen MR) is 92.6 cm³/mol. The van der Waals surface area contributed by atoms with Gasteiger partial charge in [0.15, 0.2) is 0 Å². The molecule has 3 aromatic heterocycles. The molecule has 0 radical (unpaired) electrons. The fraction of sp³-hybridized carbons (Fsp3) is 0.444. The molecule has 0 saturated carbocycles. The molecule has 3 aromatic rings. The minimum Gasteiger partial charge on any atom is -0.338 e. The monoisotopic (exact) mass is 375 g/mol. The predicted octanol–water partition coefficient (Wildman–Crippen LogP) is 3.22. The summed E-state index contributed by atoms with van der Waals surface area (Å²) < 4.78 is 33.8. The molecule has 1 atom stereocenters. The Balaban J connectivity index is 1.64. The Morgan fingerprint density at radius 2 is 2.22 bits per heavy atom. The van der Waals surface area contributed by atoms with Gasteiger partial charge in [-0.2, -0.15) is 5.10 Å². The molecule has 27 heavy (non-hydrogen) atoms. The number of hydrogen-bond donors (Lipinski definition) is 0. The number of pyridine rings is 1. The standard InChI is InChI=1S/C18H19F2N5O2/c1-10-15-13(16(19)20)6-14(22-17(15)27-23-10)11-4-3-5-25(9-11)18(26)12-7-21-24(2)8-12/h6-8,11,16H,3-5,9H2,1-2H3/t11-/m0/s1. The van der Waals surface area contributed by atoms with Gasteiger partial charge in [0.05, 0.1) is 22.8 Å². The highest BCUT2D eigenvalue weighted by molar-refractivity contribution is 5.93. The molecule has 4 heterocycles. The van der Waals surface area contributed by atoms with E-state index in [1.165, 1.54) is 12.3 Å². The van der Waals surface area contributed by atoms with Crippen LogP contribution in [0.4, 0.5) is 8.78 Å². The second-order valence-electron chi connectivity index (χ2n) is 6.88. The van der Waals surface area contributed by atoms with Crippen molar-refractivity contribution in [3.63, 3.8) is 0 Å². The minimum atomic E-state index is -2.65. The zero-order valence-electron chi connectivity index (χ0n) is 15.0. The third kappa shape index (κ3) is 3.17. The van der Waals surface area contributed by atoms with E-state index in [1.807, 2.05) is 0 Å². The first-order valence-corrected chi connectivity index (χ1v) is 8.77. The Morgan fingerprint density at radius 3 is 2.93 bits per heavy atom. The quantitative estimate of drug-likeness (QED) is 0.702. The number of rotatable bonds is 3. The number of alkyl halides is 2. The van der Waals surface area contributed by atoms with Crippen LogP contribution in [0.3, 0.4) is 0 Å². The first-order valence-electron chi connectivity index (χ1n) is 8.77. The Hall–Kier alpha value is -2.84. The summed E-state index contributed by atoms with van der Waals surface area (Å²) in [6.07, 6.45) is 2.09. The summed E-state index contributed by atoms with van der Waals surface area (Å²) >= 11 is 0. The summed E-state index contributed by atoms with van der Waals surface area (Å²) in [7, 11) is 1.75. The van der Waals surface area contributed by atoms with Gasteiger partial charge in [-0.05, 0) is 25.8 Å². The van der Waals surface area contributed by atoms with Gasteiger partial charge in [0.1, 0.15) is 0 Å². The van der Waals surface area contributed by atoms with E-state index in [4.69, 9.17) is 4.52 Å². The van der Waals surface area contributed by atoms with Crippen LogP contribution in [0, 0.1) is 6.92 Å². The van der Waals surface area contributed by atoms with E-state index in [-0.39, 0.29) is 28.5 Å². The normalized spacial score (nSPS) is 17.8. The second kappa shape index (κ2) is 6.71. The smallest absolute Gasteiger partial charge is 0.264 e. The first kappa shape index (κ1) is 17.6. The van der Waals surface area contributed by atoms with Gasteiger partial charge in [-0.3, -0.25) is 9.48 Å². The summed E-state index contributed by atoms with van der Waals surface area (Å²) in [6.45, 7) is 2.66. The molecular formula is C18H19F2N5O2. The molecule has 9 heteroatoms. The van der Waals surface area contributed by atoms with Gasteiger partial charge in [-0.15, -0.1) is 0 Å². The summed E-state index contributed by atoms with van der Waals surface area (Å²) in [5.74, 6) is -0.245. The van der Waals surface area contributed by atoms with Crippen molar-refractivity contribution >= 4 is 17.0 Å². The summed E-state index contributed by atoms with van der Waals surface area (Å²) in [4.78, 5) is 18.8. The van der Waals surface area contributed by atoms with E-state index in [1.54, 1.807) is 29.7 Å². The lowest BCUT2D eigenvalue weighted by molar-refractivity contribution is 0.0705. The third-order valence-electron chi connectivity index (χ3n) is 4.98. The molecule has 1 amide bonds. The topological polar surface area (TPSA) is 77.1 Å². The van der Waals surface area contributed by atoms with E-state index in [0.717, 1.165) is 12.8 Å². The van der Waals surface area contributed by atoms with Crippen LogP contribution in [-0.2, 0) is 7.05 Å².